The van der Waals surface area contributed by atoms with E-state index in [0.717, 1.165) is 16.8 Å². The van der Waals surface area contributed by atoms with E-state index in [1.54, 1.807) is 6.20 Å². The van der Waals surface area contributed by atoms with E-state index < -0.39 is 0 Å². The van der Waals surface area contributed by atoms with Crippen molar-refractivity contribution in [3.63, 3.8) is 0 Å². The van der Waals surface area contributed by atoms with Gasteiger partial charge in [-0.15, -0.1) is 0 Å². The molecule has 0 saturated carbocycles. The highest BCUT2D eigenvalue weighted by atomic mass is 14.7. The van der Waals surface area contributed by atoms with Crippen LogP contribution in [0.3, 0.4) is 0 Å². The molecule has 2 heteroatoms. The molecule has 2 aromatic rings. The molecule has 0 unspecified atom stereocenters. The highest BCUT2D eigenvalue weighted by molar-refractivity contribution is 5.96. The molecular formula is C13H10N2. The quantitative estimate of drug-likeness (QED) is 0.733. The third-order valence-electron chi connectivity index (χ3n) is 2.11. The number of hydrogen-bond acceptors (Lipinski definition) is 2. The average Bonchev–Trinajstić information content (AvgIpc) is 2.33. The Bertz CT molecular complexity index is 441. The second-order valence-electron chi connectivity index (χ2n) is 3.08. The van der Waals surface area contributed by atoms with Crippen LogP contribution in [-0.4, -0.2) is 10.9 Å². The Labute approximate surface area is 88.4 Å². The van der Waals surface area contributed by atoms with Gasteiger partial charge in [-0.05, 0) is 23.6 Å². The van der Waals surface area contributed by atoms with Crippen LogP contribution >= 0.6 is 0 Å². The van der Waals surface area contributed by atoms with Crippen molar-refractivity contribution in [1.29, 1.82) is 5.41 Å². The lowest BCUT2D eigenvalue weighted by atomic mass is 10.0. The van der Waals surface area contributed by atoms with E-state index in [2.05, 4.69) is 10.9 Å². The van der Waals surface area contributed by atoms with Crippen molar-refractivity contribution in [2.45, 2.75) is 0 Å². The lowest BCUT2D eigenvalue weighted by Gasteiger charge is -2.02. The van der Waals surface area contributed by atoms with Crippen LogP contribution in [0.2, 0.25) is 0 Å². The predicted octanol–water partition coefficient (Wildman–Crippen LogP) is 2.76. The zero-order valence-corrected chi connectivity index (χ0v) is 8.14. The Hall–Kier alpha value is -2.18. The molecule has 0 radical (unpaired) electrons. The topological polar surface area (TPSA) is 36.7 Å². The standard InChI is InChI=1S/C13H10N2/c14-10-12(11-6-2-1-3-7-11)13-8-4-5-9-15-13/h1-9,14H. The van der Waals surface area contributed by atoms with Crippen molar-refractivity contribution in [3.05, 3.63) is 66.0 Å². The minimum atomic E-state index is 0.719. The zero-order chi connectivity index (χ0) is 10.5. The second kappa shape index (κ2) is 4.36. The largest absolute Gasteiger partial charge is 0.258 e. The summed E-state index contributed by atoms with van der Waals surface area (Å²) in [6.45, 7) is 0. The molecule has 72 valence electrons. The summed E-state index contributed by atoms with van der Waals surface area (Å²) in [6.07, 6.45) is 1.72. The van der Waals surface area contributed by atoms with Crippen LogP contribution in [0.1, 0.15) is 11.3 Å². The first-order valence-electron chi connectivity index (χ1n) is 4.68. The fourth-order valence-corrected chi connectivity index (χ4v) is 1.40. The Kier molecular flexibility index (Phi) is 2.72. The smallest absolute Gasteiger partial charge is 0.0801 e. The van der Waals surface area contributed by atoms with Gasteiger partial charge in [0, 0.05) is 6.20 Å². The SMILES string of the molecule is N=C=C(c1ccccc1)c1ccccn1. The van der Waals surface area contributed by atoms with Crippen LogP contribution in [0, 0.1) is 5.41 Å². The van der Waals surface area contributed by atoms with Crippen LogP contribution in [0.4, 0.5) is 0 Å². The van der Waals surface area contributed by atoms with Crippen molar-refractivity contribution < 1.29 is 0 Å². The number of hydrogen-bond donors (Lipinski definition) is 1. The Morgan fingerprint density at radius 3 is 2.33 bits per heavy atom. The van der Waals surface area contributed by atoms with Crippen LogP contribution in [0.15, 0.2) is 54.7 Å². The molecule has 2 rings (SSSR count). The van der Waals surface area contributed by atoms with Crippen LogP contribution in [-0.2, 0) is 0 Å². The summed E-state index contributed by atoms with van der Waals surface area (Å²) >= 11 is 0. The van der Waals surface area contributed by atoms with Crippen LogP contribution in [0.25, 0.3) is 5.57 Å². The van der Waals surface area contributed by atoms with Gasteiger partial charge in [0.1, 0.15) is 0 Å². The van der Waals surface area contributed by atoms with E-state index in [9.17, 15) is 0 Å². The molecule has 1 aromatic heterocycles. The summed E-state index contributed by atoms with van der Waals surface area (Å²) in [7, 11) is 0. The molecule has 0 amide bonds. The molecule has 0 bridgehead atoms. The molecule has 0 saturated heterocycles. The predicted molar refractivity (Wildman–Crippen MR) is 60.9 cm³/mol. The molecule has 0 aliphatic carbocycles. The van der Waals surface area contributed by atoms with Gasteiger partial charge in [-0.2, -0.15) is 0 Å². The maximum atomic E-state index is 7.31. The van der Waals surface area contributed by atoms with Crippen molar-refractivity contribution in [2.24, 2.45) is 0 Å². The molecule has 1 N–H and O–H groups in total. The van der Waals surface area contributed by atoms with Gasteiger partial charge in [0.2, 0.25) is 0 Å². The summed E-state index contributed by atoms with van der Waals surface area (Å²) in [4.78, 5) is 4.21. The summed E-state index contributed by atoms with van der Waals surface area (Å²) in [5.74, 6) is 2.44. The van der Waals surface area contributed by atoms with Gasteiger partial charge in [0.05, 0.1) is 11.3 Å². The number of aromatic nitrogens is 1. The second-order valence-corrected chi connectivity index (χ2v) is 3.08. The van der Waals surface area contributed by atoms with Gasteiger partial charge in [0.25, 0.3) is 0 Å². The van der Waals surface area contributed by atoms with Crippen molar-refractivity contribution in [3.8, 4) is 0 Å². The van der Waals surface area contributed by atoms with Crippen molar-refractivity contribution in [2.75, 3.05) is 0 Å². The Balaban J connectivity index is 2.48. The third kappa shape index (κ3) is 2.01. The van der Waals surface area contributed by atoms with Gasteiger partial charge < -0.3 is 0 Å². The molecule has 0 fully saturated rings. The summed E-state index contributed by atoms with van der Waals surface area (Å²) in [5.41, 5.74) is 2.46. The first-order valence-corrected chi connectivity index (χ1v) is 4.68. The maximum absolute atomic E-state index is 7.31. The van der Waals surface area contributed by atoms with Crippen LogP contribution in [0.5, 0.6) is 0 Å². The fraction of sp³-hybridized carbons (Fsp3) is 0. The number of nitrogens with one attached hydrogen (secondary N) is 1. The van der Waals surface area contributed by atoms with Gasteiger partial charge in [-0.3, -0.25) is 10.4 Å². The normalized spacial score (nSPS) is 9.33. The van der Waals surface area contributed by atoms with Crippen molar-refractivity contribution >= 4 is 11.4 Å². The highest BCUT2D eigenvalue weighted by Crippen LogP contribution is 2.17. The average molecular weight is 194 g/mol. The minimum Gasteiger partial charge on any atom is -0.258 e. The molecule has 2 nitrogen and oxygen atoms in total. The van der Waals surface area contributed by atoms with Gasteiger partial charge in [-0.25, -0.2) is 0 Å². The monoisotopic (exact) mass is 194 g/mol. The molecule has 0 aliphatic heterocycles. The van der Waals surface area contributed by atoms with Crippen LogP contribution < -0.4 is 0 Å². The first kappa shape index (κ1) is 9.38. The Morgan fingerprint density at radius 1 is 1.00 bits per heavy atom. The van der Waals surface area contributed by atoms with E-state index >= 15 is 0 Å². The summed E-state index contributed by atoms with van der Waals surface area (Å²) in [6, 6.07) is 15.4. The number of pyridine rings is 1. The minimum absolute atomic E-state index is 0.719. The van der Waals surface area contributed by atoms with Gasteiger partial charge in [0.15, 0.2) is 0 Å². The van der Waals surface area contributed by atoms with Gasteiger partial charge >= 0.3 is 0 Å². The molecule has 1 heterocycles. The molecule has 0 aliphatic rings. The van der Waals surface area contributed by atoms with Gasteiger partial charge in [-0.1, -0.05) is 36.4 Å². The number of nitrogens with zero attached hydrogens (tertiary/aromatic N) is 1. The molecule has 0 atom stereocenters. The molecular weight excluding hydrogens is 184 g/mol. The number of benzene rings is 1. The molecule has 0 spiro atoms. The lowest BCUT2D eigenvalue weighted by Crippen LogP contribution is -1.90. The lowest BCUT2D eigenvalue weighted by molar-refractivity contribution is 1.28. The summed E-state index contributed by atoms with van der Waals surface area (Å²) in [5, 5.41) is 7.31. The first-order chi connectivity index (χ1) is 7.42. The van der Waals surface area contributed by atoms with Crippen molar-refractivity contribution in [1.82, 2.24) is 4.98 Å². The van der Waals surface area contributed by atoms with E-state index in [-0.39, 0.29) is 0 Å². The van der Waals surface area contributed by atoms with E-state index in [1.807, 2.05) is 48.5 Å². The zero-order valence-electron chi connectivity index (χ0n) is 8.14. The third-order valence-corrected chi connectivity index (χ3v) is 2.11. The Morgan fingerprint density at radius 2 is 1.73 bits per heavy atom. The van der Waals surface area contributed by atoms with E-state index in [1.165, 1.54) is 0 Å². The molecule has 1 aromatic carbocycles. The van der Waals surface area contributed by atoms with E-state index in [0.29, 0.717) is 0 Å². The summed E-state index contributed by atoms with van der Waals surface area (Å²) < 4.78 is 0. The highest BCUT2D eigenvalue weighted by Gasteiger charge is 2.04. The fourth-order valence-electron chi connectivity index (χ4n) is 1.40. The maximum Gasteiger partial charge on any atom is 0.0801 e. The van der Waals surface area contributed by atoms with E-state index in [4.69, 9.17) is 5.41 Å². The number of rotatable bonds is 2. The molecule has 15 heavy (non-hydrogen) atoms.